The fraction of sp³-hybridized carbons (Fsp3) is 0.375. The highest BCUT2D eigenvalue weighted by atomic mass is 16.5. The molecule has 21 heavy (non-hydrogen) atoms. The molecule has 0 radical (unpaired) electrons. The van der Waals surface area contributed by atoms with Crippen LogP contribution in [0, 0.1) is 11.8 Å². The van der Waals surface area contributed by atoms with E-state index in [1.165, 1.54) is 0 Å². The van der Waals surface area contributed by atoms with Crippen molar-refractivity contribution in [3.05, 3.63) is 54.1 Å². The van der Waals surface area contributed by atoms with E-state index in [0.29, 0.717) is 13.0 Å². The average Bonchev–Trinajstić information content (AvgIpc) is 3.06. The van der Waals surface area contributed by atoms with Gasteiger partial charge < -0.3 is 14.4 Å². The number of hydrogen-bond donors (Lipinski definition) is 1. The lowest BCUT2D eigenvalue weighted by Crippen LogP contribution is -2.26. The first-order valence-corrected chi connectivity index (χ1v) is 7.01. The number of cyclic esters (lactones) is 1. The minimum absolute atomic E-state index is 0.0388. The lowest BCUT2D eigenvalue weighted by Gasteiger charge is -2.21. The molecular formula is C16H18N2O3. The summed E-state index contributed by atoms with van der Waals surface area (Å²) in [7, 11) is 1.92. The number of aromatic nitrogens is 2. The Hall–Kier alpha value is -2.14. The van der Waals surface area contributed by atoms with Crippen LogP contribution in [0.15, 0.2) is 42.9 Å². The maximum atomic E-state index is 12.0. The summed E-state index contributed by atoms with van der Waals surface area (Å²) in [4.78, 5) is 16.1. The number of nitrogens with zero attached hydrogens (tertiary/aromatic N) is 2. The highest BCUT2D eigenvalue weighted by Crippen LogP contribution is 2.35. The maximum Gasteiger partial charge on any atom is 0.312 e. The van der Waals surface area contributed by atoms with Gasteiger partial charge in [0.05, 0.1) is 25.0 Å². The summed E-state index contributed by atoms with van der Waals surface area (Å²) in [6.45, 7) is 0.346. The van der Waals surface area contributed by atoms with Gasteiger partial charge in [-0.2, -0.15) is 0 Å². The van der Waals surface area contributed by atoms with E-state index in [1.807, 2.05) is 41.9 Å². The van der Waals surface area contributed by atoms with Crippen molar-refractivity contribution in [1.29, 1.82) is 0 Å². The molecule has 3 atom stereocenters. The molecule has 0 aliphatic carbocycles. The molecule has 0 bridgehead atoms. The van der Waals surface area contributed by atoms with Crippen molar-refractivity contribution in [1.82, 2.24) is 9.55 Å². The fourth-order valence-corrected chi connectivity index (χ4v) is 2.86. The number of aliphatic hydroxyl groups excluding tert-OH is 1. The van der Waals surface area contributed by atoms with Crippen LogP contribution in [0.2, 0.25) is 0 Å². The summed E-state index contributed by atoms with van der Waals surface area (Å²) >= 11 is 0. The maximum absolute atomic E-state index is 12.0. The summed E-state index contributed by atoms with van der Waals surface area (Å²) in [5, 5.41) is 10.5. The summed E-state index contributed by atoms with van der Waals surface area (Å²) < 4.78 is 7.11. The summed E-state index contributed by atoms with van der Waals surface area (Å²) in [5.74, 6) is -0.885. The number of carbonyl (C=O) groups is 1. The zero-order chi connectivity index (χ0) is 14.8. The first-order valence-electron chi connectivity index (χ1n) is 7.01. The second-order valence-corrected chi connectivity index (χ2v) is 5.47. The molecule has 5 heteroatoms. The molecule has 1 aromatic heterocycles. The van der Waals surface area contributed by atoms with E-state index in [-0.39, 0.29) is 11.9 Å². The molecule has 110 valence electrons. The lowest BCUT2D eigenvalue weighted by molar-refractivity contribution is -0.144. The number of hydrogen-bond acceptors (Lipinski definition) is 4. The number of aryl methyl sites for hydroxylation is 1. The normalized spacial score (nSPS) is 23.0. The zero-order valence-corrected chi connectivity index (χ0v) is 11.8. The van der Waals surface area contributed by atoms with Crippen molar-refractivity contribution in [2.24, 2.45) is 18.9 Å². The molecule has 2 aromatic rings. The molecule has 0 spiro atoms. The third kappa shape index (κ3) is 2.69. The molecule has 2 heterocycles. The Kier molecular flexibility index (Phi) is 3.75. The van der Waals surface area contributed by atoms with Gasteiger partial charge in [-0.1, -0.05) is 30.3 Å². The Morgan fingerprint density at radius 3 is 2.86 bits per heavy atom. The second kappa shape index (κ2) is 5.69. The number of aliphatic hydroxyl groups is 1. The van der Waals surface area contributed by atoms with E-state index >= 15 is 0 Å². The molecule has 1 aliphatic rings. The summed E-state index contributed by atoms with van der Waals surface area (Å²) in [6.07, 6.45) is 3.35. The molecule has 0 unspecified atom stereocenters. The largest absolute Gasteiger partial charge is 0.465 e. The van der Waals surface area contributed by atoms with Crippen LogP contribution in [0.5, 0.6) is 0 Å². The molecule has 0 saturated carbocycles. The van der Waals surface area contributed by atoms with Crippen molar-refractivity contribution < 1.29 is 14.6 Å². The van der Waals surface area contributed by atoms with Crippen LogP contribution in [-0.4, -0.2) is 27.2 Å². The minimum Gasteiger partial charge on any atom is -0.465 e. The summed E-state index contributed by atoms with van der Waals surface area (Å²) in [6, 6.07) is 9.26. The van der Waals surface area contributed by atoms with Gasteiger partial charge in [0.1, 0.15) is 0 Å². The Morgan fingerprint density at radius 2 is 2.19 bits per heavy atom. The van der Waals surface area contributed by atoms with Crippen LogP contribution in [-0.2, 0) is 23.0 Å². The fourth-order valence-electron chi connectivity index (χ4n) is 2.86. The highest BCUT2D eigenvalue weighted by Gasteiger charge is 2.42. The van der Waals surface area contributed by atoms with Crippen molar-refractivity contribution in [2.45, 2.75) is 12.5 Å². The quantitative estimate of drug-likeness (QED) is 0.865. The predicted octanol–water partition coefficient (Wildman–Crippen LogP) is 1.49. The summed E-state index contributed by atoms with van der Waals surface area (Å²) in [5.41, 5.74) is 1.78. The van der Waals surface area contributed by atoms with E-state index < -0.39 is 12.0 Å². The Balaban J connectivity index is 1.81. The number of esters is 1. The van der Waals surface area contributed by atoms with Gasteiger partial charge in [-0.15, -0.1) is 0 Å². The van der Waals surface area contributed by atoms with E-state index in [2.05, 4.69) is 4.98 Å². The third-order valence-corrected chi connectivity index (χ3v) is 4.09. The molecule has 1 aromatic carbocycles. The second-order valence-electron chi connectivity index (χ2n) is 5.47. The van der Waals surface area contributed by atoms with Gasteiger partial charge in [-0.25, -0.2) is 4.98 Å². The number of carbonyl (C=O) groups excluding carboxylic acids is 1. The van der Waals surface area contributed by atoms with Crippen molar-refractivity contribution in [2.75, 3.05) is 6.61 Å². The van der Waals surface area contributed by atoms with Gasteiger partial charge in [0.15, 0.2) is 0 Å². The SMILES string of the molecule is Cn1cncc1C[C@@H]1COC(=O)[C@H]1[C@H](O)c1ccccc1. The number of ether oxygens (including phenoxy) is 1. The zero-order valence-electron chi connectivity index (χ0n) is 11.8. The van der Waals surface area contributed by atoms with Gasteiger partial charge in [-0.05, 0) is 12.0 Å². The number of imidazole rings is 1. The first-order chi connectivity index (χ1) is 10.2. The van der Waals surface area contributed by atoms with Crippen molar-refractivity contribution in [3.8, 4) is 0 Å². The molecule has 3 rings (SSSR count). The van der Waals surface area contributed by atoms with Crippen molar-refractivity contribution >= 4 is 5.97 Å². The van der Waals surface area contributed by atoms with E-state index in [1.54, 1.807) is 12.5 Å². The Labute approximate surface area is 123 Å². The standard InChI is InChI=1S/C16H18N2O3/c1-18-10-17-8-13(18)7-12-9-21-16(20)14(12)15(19)11-5-3-2-4-6-11/h2-6,8,10,12,14-15,19H,7,9H2,1H3/t12-,14-,15-/m1/s1. The van der Waals surface area contributed by atoms with Crippen LogP contribution in [0.4, 0.5) is 0 Å². The number of benzene rings is 1. The third-order valence-electron chi connectivity index (χ3n) is 4.09. The first kappa shape index (κ1) is 13.8. The lowest BCUT2D eigenvalue weighted by atomic mass is 9.84. The monoisotopic (exact) mass is 286 g/mol. The van der Waals surface area contributed by atoms with E-state index in [0.717, 1.165) is 11.3 Å². The van der Waals surface area contributed by atoms with E-state index in [4.69, 9.17) is 4.74 Å². The van der Waals surface area contributed by atoms with Crippen LogP contribution >= 0.6 is 0 Å². The molecule has 1 fully saturated rings. The molecule has 1 saturated heterocycles. The topological polar surface area (TPSA) is 64.4 Å². The van der Waals surface area contributed by atoms with Gasteiger partial charge in [0.2, 0.25) is 0 Å². The molecule has 1 N–H and O–H groups in total. The molecule has 5 nitrogen and oxygen atoms in total. The smallest absolute Gasteiger partial charge is 0.312 e. The van der Waals surface area contributed by atoms with Gasteiger partial charge in [0, 0.05) is 24.9 Å². The minimum atomic E-state index is -0.834. The van der Waals surface area contributed by atoms with Gasteiger partial charge in [0.25, 0.3) is 0 Å². The molecular weight excluding hydrogens is 268 g/mol. The number of rotatable bonds is 4. The van der Waals surface area contributed by atoms with Crippen LogP contribution in [0.25, 0.3) is 0 Å². The van der Waals surface area contributed by atoms with Crippen LogP contribution in [0.1, 0.15) is 17.4 Å². The van der Waals surface area contributed by atoms with E-state index in [9.17, 15) is 9.90 Å². The Bertz CT molecular complexity index is 623. The Morgan fingerprint density at radius 1 is 1.43 bits per heavy atom. The van der Waals surface area contributed by atoms with Gasteiger partial charge in [-0.3, -0.25) is 4.79 Å². The highest BCUT2D eigenvalue weighted by molar-refractivity contribution is 5.75. The molecule has 1 aliphatic heterocycles. The predicted molar refractivity (Wildman–Crippen MR) is 76.3 cm³/mol. The average molecular weight is 286 g/mol. The van der Waals surface area contributed by atoms with Crippen LogP contribution in [0.3, 0.4) is 0 Å². The van der Waals surface area contributed by atoms with Crippen molar-refractivity contribution in [3.63, 3.8) is 0 Å². The van der Waals surface area contributed by atoms with Gasteiger partial charge >= 0.3 is 5.97 Å². The van der Waals surface area contributed by atoms with Crippen LogP contribution < -0.4 is 0 Å². The molecule has 0 amide bonds.